The molecule has 1 N–H and O–H groups in total. The smallest absolute Gasteiger partial charge is 0.216 e. The molecule has 0 saturated carbocycles. The molecule has 26 heavy (non-hydrogen) atoms. The lowest BCUT2D eigenvalue weighted by Crippen LogP contribution is -1.98. The molecule has 4 aromatic heterocycles. The number of aryl methyl sites for hydroxylation is 1. The fourth-order valence-corrected chi connectivity index (χ4v) is 3.15. The second-order valence-corrected chi connectivity index (χ2v) is 6.36. The van der Waals surface area contributed by atoms with Crippen LogP contribution in [0.1, 0.15) is 27.8 Å². The Hall–Kier alpha value is -3.21. The molecule has 4 aromatic rings. The lowest BCUT2D eigenvalue weighted by Gasteiger charge is -2.08. The minimum absolute atomic E-state index is 0.643. The normalized spacial score (nSPS) is 11.0. The van der Waals surface area contributed by atoms with E-state index in [-0.39, 0.29) is 0 Å². The molecule has 0 bridgehead atoms. The van der Waals surface area contributed by atoms with E-state index in [1.165, 1.54) is 5.56 Å². The van der Waals surface area contributed by atoms with Crippen LogP contribution in [0, 0.1) is 13.1 Å². The van der Waals surface area contributed by atoms with Crippen molar-refractivity contribution in [3.8, 4) is 5.88 Å². The van der Waals surface area contributed by atoms with Gasteiger partial charge in [0.05, 0.1) is 13.3 Å². The number of hydrogen-bond acceptors (Lipinski definition) is 4. The van der Waals surface area contributed by atoms with E-state index in [4.69, 9.17) is 4.74 Å². The molecule has 0 fully saturated rings. The zero-order chi connectivity index (χ0) is 17.9. The van der Waals surface area contributed by atoms with Gasteiger partial charge in [0.15, 0.2) is 0 Å². The van der Waals surface area contributed by atoms with Gasteiger partial charge < -0.3 is 9.72 Å². The molecular weight excluding hydrogens is 324 g/mol. The quantitative estimate of drug-likeness (QED) is 0.601. The third-order valence-corrected chi connectivity index (χ3v) is 4.37. The largest absolute Gasteiger partial charge is 0.481 e. The Labute approximate surface area is 152 Å². The molecule has 0 spiro atoms. The van der Waals surface area contributed by atoms with Gasteiger partial charge in [0.25, 0.3) is 0 Å². The van der Waals surface area contributed by atoms with Crippen LogP contribution in [0.15, 0.2) is 49.1 Å². The van der Waals surface area contributed by atoms with Crippen molar-refractivity contribution in [2.75, 3.05) is 7.11 Å². The lowest BCUT2D eigenvalue weighted by molar-refractivity contribution is 0.393. The van der Waals surface area contributed by atoms with E-state index in [1.807, 2.05) is 30.7 Å². The first-order chi connectivity index (χ1) is 12.7. The number of aromatic nitrogens is 4. The van der Waals surface area contributed by atoms with E-state index >= 15 is 0 Å². The van der Waals surface area contributed by atoms with Crippen molar-refractivity contribution in [1.82, 2.24) is 19.9 Å². The molecule has 0 aliphatic rings. The number of hydrogen-bond donors (Lipinski definition) is 1. The standard InChI is InChI=1S/C21H19N4O/c1-14-6-19-18(13-25-20(19)24-10-14)9-16-7-15(11-22-12-16)8-17-4-3-5-23-21(17)26-2/h3-7,10,12-13H,8-9H2,1-2H3,(H,24,25). The van der Waals surface area contributed by atoms with Crippen molar-refractivity contribution >= 4 is 11.0 Å². The van der Waals surface area contributed by atoms with Crippen LogP contribution >= 0.6 is 0 Å². The van der Waals surface area contributed by atoms with Crippen molar-refractivity contribution in [3.05, 3.63) is 83.1 Å². The zero-order valence-corrected chi connectivity index (χ0v) is 14.8. The van der Waals surface area contributed by atoms with Crippen molar-refractivity contribution in [1.29, 1.82) is 0 Å². The molecule has 129 valence electrons. The molecule has 0 amide bonds. The molecule has 0 aliphatic carbocycles. The Morgan fingerprint density at radius 1 is 1.12 bits per heavy atom. The van der Waals surface area contributed by atoms with Gasteiger partial charge in [-0.05, 0) is 41.3 Å². The Morgan fingerprint density at radius 3 is 2.92 bits per heavy atom. The predicted octanol–water partition coefficient (Wildman–Crippen LogP) is 3.65. The summed E-state index contributed by atoms with van der Waals surface area (Å²) in [6.07, 6.45) is 12.1. The molecule has 0 unspecified atom stereocenters. The summed E-state index contributed by atoms with van der Waals surface area (Å²) in [4.78, 5) is 16.2. The van der Waals surface area contributed by atoms with Gasteiger partial charge in [-0.1, -0.05) is 12.1 Å². The van der Waals surface area contributed by atoms with Crippen LogP contribution in [0.4, 0.5) is 0 Å². The molecule has 4 rings (SSSR count). The topological polar surface area (TPSA) is 63.7 Å². The number of nitrogens with one attached hydrogen (secondary N) is 1. The molecule has 5 heteroatoms. The van der Waals surface area contributed by atoms with Gasteiger partial charge in [-0.25, -0.2) is 9.97 Å². The number of ether oxygens (including phenoxy) is 1. The van der Waals surface area contributed by atoms with E-state index in [1.54, 1.807) is 13.3 Å². The fourth-order valence-electron chi connectivity index (χ4n) is 3.15. The summed E-state index contributed by atoms with van der Waals surface area (Å²) in [5.74, 6) is 0.643. The van der Waals surface area contributed by atoms with E-state index in [0.717, 1.165) is 39.7 Å². The Balaban J connectivity index is 1.60. The maximum absolute atomic E-state index is 5.34. The van der Waals surface area contributed by atoms with Gasteiger partial charge in [-0.2, -0.15) is 0 Å². The summed E-state index contributed by atoms with van der Waals surface area (Å²) in [6, 6.07) is 8.23. The number of pyridine rings is 3. The van der Waals surface area contributed by atoms with Gasteiger partial charge in [0, 0.05) is 48.6 Å². The first kappa shape index (κ1) is 16.3. The van der Waals surface area contributed by atoms with Gasteiger partial charge >= 0.3 is 0 Å². The molecule has 0 aromatic carbocycles. The van der Waals surface area contributed by atoms with Gasteiger partial charge in [0.1, 0.15) is 5.65 Å². The highest BCUT2D eigenvalue weighted by atomic mass is 16.5. The molecule has 0 atom stereocenters. The van der Waals surface area contributed by atoms with E-state index < -0.39 is 0 Å². The highest BCUT2D eigenvalue weighted by molar-refractivity contribution is 5.80. The van der Waals surface area contributed by atoms with E-state index in [9.17, 15) is 0 Å². The predicted molar refractivity (Wildman–Crippen MR) is 100 cm³/mol. The monoisotopic (exact) mass is 343 g/mol. The summed E-state index contributed by atoms with van der Waals surface area (Å²) in [7, 11) is 1.64. The molecule has 4 heterocycles. The first-order valence-electron chi connectivity index (χ1n) is 8.49. The molecule has 5 nitrogen and oxygen atoms in total. The van der Waals surface area contributed by atoms with Crippen LogP contribution in [-0.4, -0.2) is 27.0 Å². The number of rotatable bonds is 5. The first-order valence-corrected chi connectivity index (χ1v) is 8.49. The van der Waals surface area contributed by atoms with E-state index in [2.05, 4.69) is 45.2 Å². The lowest BCUT2D eigenvalue weighted by atomic mass is 10.0. The van der Waals surface area contributed by atoms with Crippen LogP contribution < -0.4 is 4.74 Å². The zero-order valence-electron chi connectivity index (χ0n) is 14.8. The number of aromatic amines is 1. The highest BCUT2D eigenvalue weighted by Gasteiger charge is 2.09. The second-order valence-electron chi connectivity index (χ2n) is 6.36. The fraction of sp³-hybridized carbons (Fsp3) is 0.190. The van der Waals surface area contributed by atoms with E-state index in [0.29, 0.717) is 12.3 Å². The summed E-state index contributed by atoms with van der Waals surface area (Å²) in [5.41, 5.74) is 6.47. The van der Waals surface area contributed by atoms with Crippen LogP contribution in [0.25, 0.3) is 11.0 Å². The van der Waals surface area contributed by atoms with Gasteiger partial charge in [-0.3, -0.25) is 4.98 Å². The summed E-state index contributed by atoms with van der Waals surface area (Å²) in [6.45, 7) is 2.06. The second kappa shape index (κ2) is 6.96. The third-order valence-electron chi connectivity index (χ3n) is 4.37. The number of methoxy groups -OCH3 is 1. The summed E-state index contributed by atoms with van der Waals surface area (Å²) < 4.78 is 5.34. The molecular formula is C21H19N4O. The van der Waals surface area contributed by atoms with Gasteiger partial charge in [-0.15, -0.1) is 0 Å². The summed E-state index contributed by atoms with van der Waals surface area (Å²) in [5, 5.41) is 1.16. The Kier molecular flexibility index (Phi) is 4.35. The maximum atomic E-state index is 5.34. The van der Waals surface area contributed by atoms with Crippen molar-refractivity contribution in [2.24, 2.45) is 0 Å². The van der Waals surface area contributed by atoms with Crippen molar-refractivity contribution in [3.63, 3.8) is 0 Å². The molecule has 0 saturated heterocycles. The molecule has 1 radical (unpaired) electrons. The number of nitrogens with zero attached hydrogens (tertiary/aromatic N) is 3. The Morgan fingerprint density at radius 2 is 2.04 bits per heavy atom. The van der Waals surface area contributed by atoms with Crippen molar-refractivity contribution in [2.45, 2.75) is 19.8 Å². The van der Waals surface area contributed by atoms with Crippen LogP contribution in [-0.2, 0) is 12.8 Å². The van der Waals surface area contributed by atoms with Gasteiger partial charge in [0.2, 0.25) is 5.88 Å². The minimum Gasteiger partial charge on any atom is -0.481 e. The summed E-state index contributed by atoms with van der Waals surface area (Å²) >= 11 is 0. The van der Waals surface area contributed by atoms with Crippen LogP contribution in [0.5, 0.6) is 5.88 Å². The van der Waals surface area contributed by atoms with Crippen LogP contribution in [0.3, 0.4) is 0 Å². The highest BCUT2D eigenvalue weighted by Crippen LogP contribution is 2.22. The third kappa shape index (κ3) is 3.28. The van der Waals surface area contributed by atoms with Crippen LogP contribution in [0.2, 0.25) is 0 Å². The average molecular weight is 343 g/mol. The number of fused-ring (bicyclic) bond motifs is 1. The SMILES string of the molecule is COc1ncccc1Cc1[c]ncc(Cc2c[nH]c3ncc(C)cc23)c1. The Bertz CT molecular complexity index is 1050. The molecule has 0 aliphatic heterocycles. The minimum atomic E-state index is 0.643. The van der Waals surface area contributed by atoms with Crippen molar-refractivity contribution < 1.29 is 4.74 Å². The average Bonchev–Trinajstić information content (AvgIpc) is 3.04. The number of H-pyrrole nitrogens is 1. The maximum Gasteiger partial charge on any atom is 0.216 e.